The summed E-state index contributed by atoms with van der Waals surface area (Å²) in [6.07, 6.45) is -4.64. The summed E-state index contributed by atoms with van der Waals surface area (Å²) < 4.78 is 37.7. The second kappa shape index (κ2) is 8.55. The summed E-state index contributed by atoms with van der Waals surface area (Å²) in [6, 6.07) is 8.80. The number of aromatic carboxylic acids is 1. The number of halogens is 3. The van der Waals surface area contributed by atoms with Gasteiger partial charge in [0.15, 0.2) is 0 Å². The maximum absolute atomic E-state index is 12.6. The van der Waals surface area contributed by atoms with Crippen molar-refractivity contribution in [3.63, 3.8) is 0 Å². The molecule has 2 rings (SSSR count). The minimum atomic E-state index is -4.46. The number of carbonyl (C=O) groups excluding carboxylic acids is 2. The van der Waals surface area contributed by atoms with E-state index in [0.717, 1.165) is 12.1 Å². The summed E-state index contributed by atoms with van der Waals surface area (Å²) in [6.45, 7) is 0. The Hall–Kier alpha value is -3.36. The van der Waals surface area contributed by atoms with Crippen LogP contribution in [-0.4, -0.2) is 28.9 Å². The number of carbonyl (C=O) groups is 3. The van der Waals surface area contributed by atoms with Gasteiger partial charge in [0, 0.05) is 6.42 Å². The molecule has 6 nitrogen and oxygen atoms in total. The van der Waals surface area contributed by atoms with Crippen molar-refractivity contribution in [2.45, 2.75) is 25.1 Å². The van der Waals surface area contributed by atoms with Crippen molar-refractivity contribution in [1.82, 2.24) is 5.32 Å². The zero-order valence-corrected chi connectivity index (χ0v) is 14.5. The first kappa shape index (κ1) is 20.9. The lowest BCUT2D eigenvalue weighted by Gasteiger charge is -2.16. The first-order valence-electron chi connectivity index (χ1n) is 8.13. The molecule has 1 atom stereocenters. The Morgan fingerprint density at radius 3 is 1.96 bits per heavy atom. The molecule has 4 N–H and O–H groups in total. The van der Waals surface area contributed by atoms with Crippen LogP contribution in [0.25, 0.3) is 0 Å². The molecule has 0 radical (unpaired) electrons. The number of alkyl halides is 3. The third kappa shape index (κ3) is 5.83. The maximum Gasteiger partial charge on any atom is 0.416 e. The average Bonchev–Trinajstić information content (AvgIpc) is 2.61. The van der Waals surface area contributed by atoms with E-state index in [9.17, 15) is 27.6 Å². The Balaban J connectivity index is 2.00. The molecule has 0 fully saturated rings. The molecule has 0 spiro atoms. The van der Waals surface area contributed by atoms with E-state index in [1.165, 1.54) is 36.4 Å². The van der Waals surface area contributed by atoms with E-state index in [1.54, 1.807) is 0 Å². The Bertz CT molecular complexity index is 862. The standard InChI is InChI=1S/C19H17F3N2O4/c20-19(21,22)14-7-3-12(4-8-14)10-16(25)24-15(17(23)26)9-11-1-5-13(6-2-11)18(27)28/h1-8,15H,9-10H2,(H2,23,26)(H,24,25)(H,27,28)/t15-/m0/s1. The van der Waals surface area contributed by atoms with E-state index in [-0.39, 0.29) is 18.4 Å². The first-order valence-corrected chi connectivity index (χ1v) is 8.13. The molecule has 2 aromatic rings. The summed E-state index contributed by atoms with van der Waals surface area (Å²) >= 11 is 0. The maximum atomic E-state index is 12.6. The van der Waals surface area contributed by atoms with Crippen LogP contribution in [0.3, 0.4) is 0 Å². The van der Waals surface area contributed by atoms with Crippen LogP contribution in [0.5, 0.6) is 0 Å². The van der Waals surface area contributed by atoms with Gasteiger partial charge in [0.1, 0.15) is 6.04 Å². The van der Waals surface area contributed by atoms with Crippen LogP contribution in [0.1, 0.15) is 27.0 Å². The molecule has 2 amide bonds. The van der Waals surface area contributed by atoms with Gasteiger partial charge in [-0.15, -0.1) is 0 Å². The number of benzene rings is 2. The molecule has 0 heterocycles. The highest BCUT2D eigenvalue weighted by atomic mass is 19.4. The topological polar surface area (TPSA) is 109 Å². The molecule has 9 heteroatoms. The highest BCUT2D eigenvalue weighted by Crippen LogP contribution is 2.29. The van der Waals surface area contributed by atoms with Gasteiger partial charge in [0.2, 0.25) is 11.8 Å². The highest BCUT2D eigenvalue weighted by molar-refractivity contribution is 5.88. The fraction of sp³-hybridized carbons (Fsp3) is 0.211. The van der Waals surface area contributed by atoms with Crippen molar-refractivity contribution < 1.29 is 32.7 Å². The smallest absolute Gasteiger partial charge is 0.416 e. The van der Waals surface area contributed by atoms with Crippen molar-refractivity contribution in [3.8, 4) is 0 Å². The van der Waals surface area contributed by atoms with Gasteiger partial charge in [0.05, 0.1) is 17.5 Å². The molecule has 148 valence electrons. The summed E-state index contributed by atoms with van der Waals surface area (Å²) in [5, 5.41) is 11.3. The number of carboxylic acid groups (broad SMARTS) is 1. The van der Waals surface area contributed by atoms with Crippen LogP contribution in [0, 0.1) is 0 Å². The van der Waals surface area contributed by atoms with E-state index in [4.69, 9.17) is 10.8 Å². The number of rotatable bonds is 7. The third-order valence-corrected chi connectivity index (χ3v) is 3.97. The fourth-order valence-corrected chi connectivity index (χ4v) is 2.48. The molecule has 0 unspecified atom stereocenters. The summed E-state index contributed by atoms with van der Waals surface area (Å²) in [7, 11) is 0. The summed E-state index contributed by atoms with van der Waals surface area (Å²) in [5.74, 6) is -2.46. The molecule has 28 heavy (non-hydrogen) atoms. The highest BCUT2D eigenvalue weighted by Gasteiger charge is 2.30. The van der Waals surface area contributed by atoms with Crippen LogP contribution < -0.4 is 11.1 Å². The monoisotopic (exact) mass is 394 g/mol. The molecule has 0 bridgehead atoms. The van der Waals surface area contributed by atoms with Gasteiger partial charge in [0.25, 0.3) is 0 Å². The van der Waals surface area contributed by atoms with E-state index < -0.39 is 35.6 Å². The largest absolute Gasteiger partial charge is 0.478 e. The van der Waals surface area contributed by atoms with Crippen LogP contribution in [-0.2, 0) is 28.6 Å². The van der Waals surface area contributed by atoms with Gasteiger partial charge >= 0.3 is 12.1 Å². The summed E-state index contributed by atoms with van der Waals surface area (Å²) in [4.78, 5) is 34.6. The fourth-order valence-electron chi connectivity index (χ4n) is 2.48. The number of hydrogen-bond donors (Lipinski definition) is 3. The zero-order chi connectivity index (χ0) is 20.9. The quantitative estimate of drug-likeness (QED) is 0.668. The molecular weight excluding hydrogens is 377 g/mol. The average molecular weight is 394 g/mol. The van der Waals surface area contributed by atoms with Crippen molar-refractivity contribution in [3.05, 3.63) is 70.8 Å². The van der Waals surface area contributed by atoms with Crippen LogP contribution >= 0.6 is 0 Å². The number of hydrogen-bond acceptors (Lipinski definition) is 3. The van der Waals surface area contributed by atoms with Gasteiger partial charge in [-0.2, -0.15) is 13.2 Å². The first-order chi connectivity index (χ1) is 13.1. The van der Waals surface area contributed by atoms with E-state index in [1.807, 2.05) is 0 Å². The number of nitrogens with one attached hydrogen (secondary N) is 1. The van der Waals surface area contributed by atoms with Gasteiger partial charge < -0.3 is 16.2 Å². The lowest BCUT2D eigenvalue weighted by molar-refractivity contribution is -0.137. The van der Waals surface area contributed by atoms with E-state index >= 15 is 0 Å². The molecule has 0 aliphatic rings. The van der Waals surface area contributed by atoms with E-state index in [0.29, 0.717) is 11.1 Å². The van der Waals surface area contributed by atoms with Gasteiger partial charge in [-0.05, 0) is 35.4 Å². The Labute approximate surface area is 158 Å². The number of nitrogens with two attached hydrogens (primary N) is 1. The minimum absolute atomic E-state index is 0.0496. The number of primary amides is 1. The van der Waals surface area contributed by atoms with Crippen molar-refractivity contribution >= 4 is 17.8 Å². The van der Waals surface area contributed by atoms with Crippen LogP contribution in [0.15, 0.2) is 48.5 Å². The van der Waals surface area contributed by atoms with Crippen molar-refractivity contribution in [2.24, 2.45) is 5.73 Å². The molecule has 0 aromatic heterocycles. The van der Waals surface area contributed by atoms with Crippen molar-refractivity contribution in [2.75, 3.05) is 0 Å². The number of amides is 2. The Morgan fingerprint density at radius 1 is 0.964 bits per heavy atom. The molecule has 0 aliphatic heterocycles. The van der Waals surface area contributed by atoms with Gasteiger partial charge in [-0.3, -0.25) is 9.59 Å². The Kier molecular flexibility index (Phi) is 6.40. The third-order valence-electron chi connectivity index (χ3n) is 3.97. The predicted molar refractivity (Wildman–Crippen MR) is 93.4 cm³/mol. The second-order valence-corrected chi connectivity index (χ2v) is 6.10. The minimum Gasteiger partial charge on any atom is -0.478 e. The number of carboxylic acids is 1. The van der Waals surface area contributed by atoms with Gasteiger partial charge in [-0.25, -0.2) is 4.79 Å². The Morgan fingerprint density at radius 2 is 1.50 bits per heavy atom. The van der Waals surface area contributed by atoms with Crippen LogP contribution in [0.2, 0.25) is 0 Å². The van der Waals surface area contributed by atoms with Crippen LogP contribution in [0.4, 0.5) is 13.2 Å². The zero-order valence-electron chi connectivity index (χ0n) is 14.5. The SMILES string of the molecule is NC(=O)[C@H](Cc1ccc(C(=O)O)cc1)NC(=O)Cc1ccc(C(F)(F)F)cc1. The molecular formula is C19H17F3N2O4. The molecule has 0 saturated heterocycles. The van der Waals surface area contributed by atoms with Crippen molar-refractivity contribution in [1.29, 1.82) is 0 Å². The summed E-state index contributed by atoms with van der Waals surface area (Å²) in [5.41, 5.74) is 5.48. The lowest BCUT2D eigenvalue weighted by Crippen LogP contribution is -2.46. The predicted octanol–water partition coefficient (Wildman–Crippen LogP) is 2.16. The second-order valence-electron chi connectivity index (χ2n) is 6.10. The van der Waals surface area contributed by atoms with E-state index in [2.05, 4.69) is 5.32 Å². The molecule has 2 aromatic carbocycles. The van der Waals surface area contributed by atoms with Gasteiger partial charge in [-0.1, -0.05) is 24.3 Å². The normalized spacial score (nSPS) is 12.2. The molecule has 0 saturated carbocycles. The molecule has 0 aliphatic carbocycles. The lowest BCUT2D eigenvalue weighted by atomic mass is 10.0.